The first kappa shape index (κ1) is 37.4. The number of nitrogens with zero attached hydrogens (tertiary/aromatic N) is 6. The average Bonchev–Trinajstić information content (AvgIpc) is 3.39. The van der Waals surface area contributed by atoms with Crippen LogP contribution < -0.4 is 23.8 Å². The van der Waals surface area contributed by atoms with Crippen LogP contribution in [0, 0.1) is 11.3 Å². The lowest BCUT2D eigenvalue weighted by atomic mass is 9.83. The van der Waals surface area contributed by atoms with E-state index in [0.717, 1.165) is 45.7 Å². The predicted octanol–water partition coefficient (Wildman–Crippen LogP) is 2.93. The van der Waals surface area contributed by atoms with Gasteiger partial charge in [0.2, 0.25) is 5.88 Å². The number of piperidine rings is 1. The van der Waals surface area contributed by atoms with E-state index < -0.39 is 27.5 Å². The standard InChI is InChI=1S/C38H45N7O8S/c1-5-44(28-23-52-24-28)26-13-16-42(17-14-26)27-21-43(22-27)37(47)41-38(30-8-7-15-40-35(30)53-6-2)31-18-25(20-39)9-11-32(31)45(36(38)46)54(48,49)34-12-10-29(50-3)19-33(34)51-4/h7-12,15,18-19,26-28H,5-6,13-14,16-17,21-24H2,1-4H3,(H,41,47). The van der Waals surface area contributed by atoms with E-state index in [-0.39, 0.29) is 51.6 Å². The zero-order valence-electron chi connectivity index (χ0n) is 30.9. The molecule has 286 valence electrons. The van der Waals surface area contributed by atoms with Gasteiger partial charge in [0.15, 0.2) is 5.54 Å². The maximum absolute atomic E-state index is 15.2. The van der Waals surface area contributed by atoms with Crippen molar-refractivity contribution in [3.8, 4) is 23.4 Å². The van der Waals surface area contributed by atoms with Crippen molar-refractivity contribution < 1.29 is 37.0 Å². The molecule has 3 amide bonds. The topological polar surface area (TPSA) is 167 Å². The first-order valence-corrected chi connectivity index (χ1v) is 19.6. The molecule has 15 nitrogen and oxygen atoms in total. The second kappa shape index (κ2) is 15.1. The van der Waals surface area contributed by atoms with Crippen LogP contribution in [0.25, 0.3) is 0 Å². The number of likely N-dealkylation sites (N-methyl/N-ethyl adjacent to an activating group) is 1. The number of amides is 3. The third-order valence-corrected chi connectivity index (χ3v) is 12.7. The van der Waals surface area contributed by atoms with Crippen molar-refractivity contribution in [2.75, 3.05) is 71.1 Å². The number of hydrogen-bond donors (Lipinski definition) is 1. The summed E-state index contributed by atoms with van der Waals surface area (Å²) in [4.78, 5) is 40.2. The number of methoxy groups -OCH3 is 2. The van der Waals surface area contributed by atoms with Crippen LogP contribution in [0.2, 0.25) is 0 Å². The van der Waals surface area contributed by atoms with Crippen LogP contribution in [0.4, 0.5) is 10.5 Å². The summed E-state index contributed by atoms with van der Waals surface area (Å²) in [6.45, 7) is 9.37. The van der Waals surface area contributed by atoms with Crippen molar-refractivity contribution in [2.24, 2.45) is 0 Å². The number of carbonyl (C=O) groups is 2. The maximum atomic E-state index is 15.2. The summed E-state index contributed by atoms with van der Waals surface area (Å²) in [6, 6.07) is 14.2. The fourth-order valence-corrected chi connectivity index (χ4v) is 9.67. The SMILES string of the molecule is CCOc1ncccc1C1(NC(=O)N2CC(N3CCC(N(CC)C4COC4)CC3)C2)C(=O)N(S(=O)(=O)c2ccc(OC)cc2OC)c2ccc(C#N)cc21. The van der Waals surface area contributed by atoms with Crippen LogP contribution in [-0.4, -0.2) is 125 Å². The molecular formula is C38H45N7O8S. The highest BCUT2D eigenvalue weighted by atomic mass is 32.2. The molecule has 1 aromatic heterocycles. The Labute approximate surface area is 315 Å². The number of aromatic nitrogens is 1. The highest BCUT2D eigenvalue weighted by molar-refractivity contribution is 7.93. The number of likely N-dealkylation sites (tertiary alicyclic amines) is 2. The van der Waals surface area contributed by atoms with E-state index in [2.05, 4.69) is 33.1 Å². The Hall–Kier alpha value is -4.95. The van der Waals surface area contributed by atoms with Crippen LogP contribution >= 0.6 is 0 Å². The first-order chi connectivity index (χ1) is 26.1. The summed E-state index contributed by atoms with van der Waals surface area (Å²) in [7, 11) is -1.95. The molecule has 0 saturated carbocycles. The number of anilines is 1. The zero-order chi connectivity index (χ0) is 38.2. The largest absolute Gasteiger partial charge is 0.497 e. The van der Waals surface area contributed by atoms with Crippen molar-refractivity contribution in [3.05, 3.63) is 71.4 Å². The van der Waals surface area contributed by atoms with Gasteiger partial charge in [-0.05, 0) is 68.8 Å². The van der Waals surface area contributed by atoms with Crippen molar-refractivity contribution in [2.45, 2.75) is 55.2 Å². The van der Waals surface area contributed by atoms with Crippen molar-refractivity contribution >= 4 is 27.6 Å². The second-order valence-corrected chi connectivity index (χ2v) is 15.5. The van der Waals surface area contributed by atoms with Crippen LogP contribution in [0.15, 0.2) is 59.6 Å². The van der Waals surface area contributed by atoms with Crippen molar-refractivity contribution in [3.63, 3.8) is 0 Å². The number of sulfonamides is 1. The molecule has 1 atom stereocenters. The van der Waals surface area contributed by atoms with Gasteiger partial charge in [-0.1, -0.05) is 6.92 Å². The molecule has 3 fully saturated rings. The van der Waals surface area contributed by atoms with Crippen LogP contribution in [-0.2, 0) is 25.1 Å². The monoisotopic (exact) mass is 759 g/mol. The lowest BCUT2D eigenvalue weighted by Gasteiger charge is -2.50. The summed E-state index contributed by atoms with van der Waals surface area (Å²) >= 11 is 0. The molecular weight excluding hydrogens is 715 g/mol. The molecule has 4 aliphatic rings. The molecule has 5 heterocycles. The molecule has 0 spiro atoms. The van der Waals surface area contributed by atoms with Gasteiger partial charge in [0.25, 0.3) is 15.9 Å². The molecule has 3 saturated heterocycles. The number of carbonyl (C=O) groups excluding carboxylic acids is 2. The lowest BCUT2D eigenvalue weighted by Crippen LogP contribution is -2.67. The van der Waals surface area contributed by atoms with Crippen molar-refractivity contribution in [1.82, 2.24) is 25.0 Å². The van der Waals surface area contributed by atoms with E-state index in [0.29, 0.717) is 35.2 Å². The van der Waals surface area contributed by atoms with Gasteiger partial charge in [-0.3, -0.25) is 14.6 Å². The molecule has 0 aliphatic carbocycles. The molecule has 54 heavy (non-hydrogen) atoms. The molecule has 1 unspecified atom stereocenters. The summed E-state index contributed by atoms with van der Waals surface area (Å²) in [6.07, 6.45) is 3.55. The Morgan fingerprint density at radius 1 is 1.06 bits per heavy atom. The smallest absolute Gasteiger partial charge is 0.318 e. The Kier molecular flexibility index (Phi) is 10.4. The summed E-state index contributed by atoms with van der Waals surface area (Å²) in [5.74, 6) is -0.670. The molecule has 2 aromatic carbocycles. The fourth-order valence-electron chi connectivity index (χ4n) is 8.06. The number of ether oxygens (including phenoxy) is 4. The van der Waals surface area contributed by atoms with Crippen LogP contribution in [0.5, 0.6) is 17.4 Å². The number of hydrogen-bond acceptors (Lipinski definition) is 12. The minimum Gasteiger partial charge on any atom is -0.497 e. The first-order valence-electron chi connectivity index (χ1n) is 18.2. The second-order valence-electron chi connectivity index (χ2n) is 13.8. The lowest BCUT2D eigenvalue weighted by molar-refractivity contribution is -0.121. The summed E-state index contributed by atoms with van der Waals surface area (Å²) < 4.78 is 52.0. The van der Waals surface area contributed by atoms with E-state index in [4.69, 9.17) is 18.9 Å². The van der Waals surface area contributed by atoms with Gasteiger partial charge < -0.3 is 29.2 Å². The minimum atomic E-state index is -4.70. The number of nitrogens with one attached hydrogen (secondary N) is 1. The average molecular weight is 760 g/mol. The summed E-state index contributed by atoms with van der Waals surface area (Å²) in [5.41, 5.74) is -1.83. The Balaban J connectivity index is 1.22. The molecule has 4 aliphatic heterocycles. The Morgan fingerprint density at radius 2 is 1.81 bits per heavy atom. The minimum absolute atomic E-state index is 0.0298. The zero-order valence-corrected chi connectivity index (χ0v) is 31.7. The molecule has 1 N–H and O–H groups in total. The quantitative estimate of drug-likeness (QED) is 0.287. The number of rotatable bonds is 12. The third kappa shape index (κ3) is 6.28. The molecule has 16 heteroatoms. The van der Waals surface area contributed by atoms with E-state index in [1.165, 1.54) is 56.8 Å². The molecule has 0 radical (unpaired) electrons. The Bertz CT molecular complexity index is 2060. The van der Waals surface area contributed by atoms with Crippen LogP contribution in [0.1, 0.15) is 43.4 Å². The highest BCUT2D eigenvalue weighted by Crippen LogP contribution is 2.50. The fraction of sp³-hybridized carbons (Fsp3) is 0.474. The highest BCUT2D eigenvalue weighted by Gasteiger charge is 2.59. The Morgan fingerprint density at radius 3 is 2.44 bits per heavy atom. The molecule has 3 aromatic rings. The van der Waals surface area contributed by atoms with E-state index in [1.807, 2.05) is 0 Å². The normalized spacial score (nSPS) is 20.9. The van der Waals surface area contributed by atoms with Gasteiger partial charge in [0.1, 0.15) is 16.4 Å². The van der Waals surface area contributed by atoms with E-state index in [1.54, 1.807) is 24.0 Å². The van der Waals surface area contributed by atoms with Gasteiger partial charge in [-0.15, -0.1) is 0 Å². The van der Waals surface area contributed by atoms with E-state index in [9.17, 15) is 18.5 Å². The number of fused-ring (bicyclic) bond motifs is 1. The van der Waals surface area contributed by atoms with E-state index >= 15 is 4.79 Å². The van der Waals surface area contributed by atoms with Gasteiger partial charge >= 0.3 is 6.03 Å². The molecule has 7 rings (SSSR count). The summed E-state index contributed by atoms with van der Waals surface area (Å²) in [5, 5.41) is 12.9. The number of benzene rings is 2. The number of urea groups is 1. The predicted molar refractivity (Wildman–Crippen MR) is 197 cm³/mol. The number of nitriles is 1. The van der Waals surface area contributed by atoms with Crippen LogP contribution in [0.3, 0.4) is 0 Å². The van der Waals surface area contributed by atoms with Gasteiger partial charge in [-0.2, -0.15) is 9.57 Å². The third-order valence-electron chi connectivity index (χ3n) is 11.0. The maximum Gasteiger partial charge on any atom is 0.318 e. The van der Waals surface area contributed by atoms with Gasteiger partial charge in [0.05, 0.1) is 63.0 Å². The molecule has 0 bridgehead atoms. The van der Waals surface area contributed by atoms with Crippen molar-refractivity contribution in [1.29, 1.82) is 5.26 Å². The van der Waals surface area contributed by atoms with Gasteiger partial charge in [0, 0.05) is 56.1 Å². The number of pyridine rings is 1. The van der Waals surface area contributed by atoms with Gasteiger partial charge in [-0.25, -0.2) is 18.2 Å².